The standard InChI is InChI=1S/C11H16N2OS/c1-3-5-8(2)14-11-9(10(12)15)6-4-7-13-11/h4,6-8H,3,5H2,1-2H3,(H2,12,15). The van der Waals surface area contributed by atoms with Crippen LogP contribution in [0.15, 0.2) is 18.3 Å². The van der Waals surface area contributed by atoms with Crippen molar-refractivity contribution in [3.8, 4) is 5.88 Å². The Bertz CT molecular complexity index is 341. The van der Waals surface area contributed by atoms with E-state index in [2.05, 4.69) is 11.9 Å². The minimum absolute atomic E-state index is 0.137. The maximum atomic E-state index is 5.67. The van der Waals surface area contributed by atoms with Gasteiger partial charge in [-0.3, -0.25) is 0 Å². The zero-order valence-electron chi connectivity index (χ0n) is 9.06. The number of nitrogens with zero attached hydrogens (tertiary/aromatic N) is 1. The number of thiocarbonyl (C=S) groups is 1. The van der Waals surface area contributed by atoms with Gasteiger partial charge in [0.15, 0.2) is 0 Å². The average Bonchev–Trinajstić information content (AvgIpc) is 2.18. The maximum Gasteiger partial charge on any atom is 0.223 e. The predicted octanol–water partition coefficient (Wildman–Crippen LogP) is 2.28. The number of hydrogen-bond acceptors (Lipinski definition) is 3. The minimum Gasteiger partial charge on any atom is -0.474 e. The fourth-order valence-corrected chi connectivity index (χ4v) is 1.48. The van der Waals surface area contributed by atoms with Gasteiger partial charge in [-0.15, -0.1) is 0 Å². The Hall–Kier alpha value is -1.16. The Morgan fingerprint density at radius 3 is 3.00 bits per heavy atom. The molecule has 1 aromatic rings. The maximum absolute atomic E-state index is 5.67. The highest BCUT2D eigenvalue weighted by molar-refractivity contribution is 7.80. The van der Waals surface area contributed by atoms with Gasteiger partial charge in [0.2, 0.25) is 5.88 Å². The van der Waals surface area contributed by atoms with Crippen LogP contribution in [0.25, 0.3) is 0 Å². The molecule has 0 aromatic carbocycles. The van der Waals surface area contributed by atoms with Crippen molar-refractivity contribution in [2.24, 2.45) is 5.73 Å². The summed E-state index contributed by atoms with van der Waals surface area (Å²) in [4.78, 5) is 4.45. The summed E-state index contributed by atoms with van der Waals surface area (Å²) in [5.74, 6) is 0.533. The zero-order valence-corrected chi connectivity index (χ0v) is 9.88. The Kier molecular flexibility index (Phi) is 4.49. The summed E-state index contributed by atoms with van der Waals surface area (Å²) >= 11 is 4.92. The van der Waals surface area contributed by atoms with E-state index in [0.717, 1.165) is 12.8 Å². The number of rotatable bonds is 5. The van der Waals surface area contributed by atoms with E-state index in [0.29, 0.717) is 16.4 Å². The summed E-state index contributed by atoms with van der Waals surface area (Å²) < 4.78 is 5.67. The molecule has 0 aliphatic heterocycles. The molecule has 0 aliphatic rings. The van der Waals surface area contributed by atoms with Crippen molar-refractivity contribution in [3.63, 3.8) is 0 Å². The molecule has 1 aromatic heterocycles. The van der Waals surface area contributed by atoms with Crippen LogP contribution in [0.2, 0.25) is 0 Å². The van der Waals surface area contributed by atoms with Gasteiger partial charge < -0.3 is 10.5 Å². The Balaban J connectivity index is 2.79. The van der Waals surface area contributed by atoms with Gasteiger partial charge in [0.25, 0.3) is 0 Å². The summed E-state index contributed by atoms with van der Waals surface area (Å²) in [6.07, 6.45) is 3.89. The van der Waals surface area contributed by atoms with Crippen molar-refractivity contribution in [3.05, 3.63) is 23.9 Å². The van der Waals surface area contributed by atoms with Crippen molar-refractivity contribution in [2.75, 3.05) is 0 Å². The van der Waals surface area contributed by atoms with Crippen LogP contribution < -0.4 is 10.5 Å². The molecule has 0 fully saturated rings. The van der Waals surface area contributed by atoms with Gasteiger partial charge in [-0.05, 0) is 25.5 Å². The number of hydrogen-bond donors (Lipinski definition) is 1. The molecule has 2 N–H and O–H groups in total. The molecule has 0 aliphatic carbocycles. The number of nitrogens with two attached hydrogens (primary N) is 1. The van der Waals surface area contributed by atoms with Gasteiger partial charge in [0.05, 0.1) is 11.7 Å². The molecule has 0 amide bonds. The van der Waals surface area contributed by atoms with Gasteiger partial charge in [-0.1, -0.05) is 25.6 Å². The van der Waals surface area contributed by atoms with E-state index < -0.39 is 0 Å². The van der Waals surface area contributed by atoms with Crippen molar-refractivity contribution in [2.45, 2.75) is 32.8 Å². The van der Waals surface area contributed by atoms with E-state index in [-0.39, 0.29) is 6.10 Å². The van der Waals surface area contributed by atoms with E-state index >= 15 is 0 Å². The molecule has 15 heavy (non-hydrogen) atoms. The normalized spacial score (nSPS) is 12.1. The monoisotopic (exact) mass is 224 g/mol. The molecule has 1 atom stereocenters. The quantitative estimate of drug-likeness (QED) is 0.779. The molecular formula is C11H16N2OS. The highest BCUT2D eigenvalue weighted by Gasteiger charge is 2.10. The molecule has 3 nitrogen and oxygen atoms in total. The Morgan fingerprint density at radius 2 is 2.40 bits per heavy atom. The van der Waals surface area contributed by atoms with Crippen molar-refractivity contribution < 1.29 is 4.74 Å². The van der Waals surface area contributed by atoms with Gasteiger partial charge in [0.1, 0.15) is 4.99 Å². The molecule has 82 valence electrons. The SMILES string of the molecule is CCCC(C)Oc1ncccc1C(N)=S. The van der Waals surface area contributed by atoms with E-state index in [4.69, 9.17) is 22.7 Å². The lowest BCUT2D eigenvalue weighted by Gasteiger charge is -2.14. The highest BCUT2D eigenvalue weighted by Crippen LogP contribution is 2.16. The third-order valence-electron chi connectivity index (χ3n) is 2.04. The lowest BCUT2D eigenvalue weighted by atomic mass is 10.2. The van der Waals surface area contributed by atoms with Crippen LogP contribution in [-0.2, 0) is 0 Å². The third kappa shape index (κ3) is 3.47. The Labute approximate surface area is 95.7 Å². The highest BCUT2D eigenvalue weighted by atomic mass is 32.1. The van der Waals surface area contributed by atoms with Crippen LogP contribution in [0.1, 0.15) is 32.3 Å². The van der Waals surface area contributed by atoms with Gasteiger partial charge >= 0.3 is 0 Å². The molecule has 0 saturated carbocycles. The van der Waals surface area contributed by atoms with Gasteiger partial charge in [0, 0.05) is 6.20 Å². The molecular weight excluding hydrogens is 208 g/mol. The van der Waals surface area contributed by atoms with E-state index in [1.165, 1.54) is 0 Å². The van der Waals surface area contributed by atoms with Crippen LogP contribution in [0.5, 0.6) is 5.88 Å². The first-order valence-electron chi connectivity index (χ1n) is 5.06. The summed E-state index contributed by atoms with van der Waals surface area (Å²) in [5.41, 5.74) is 6.28. The molecule has 1 rings (SSSR count). The molecule has 0 bridgehead atoms. The molecule has 4 heteroatoms. The average molecular weight is 224 g/mol. The topological polar surface area (TPSA) is 48.1 Å². The lowest BCUT2D eigenvalue weighted by Crippen LogP contribution is -2.17. The van der Waals surface area contributed by atoms with Crippen molar-refractivity contribution in [1.82, 2.24) is 4.98 Å². The van der Waals surface area contributed by atoms with Crippen LogP contribution in [0, 0.1) is 0 Å². The van der Waals surface area contributed by atoms with Crippen LogP contribution in [0.4, 0.5) is 0 Å². The largest absolute Gasteiger partial charge is 0.474 e. The first kappa shape index (κ1) is 11.9. The molecule has 0 spiro atoms. The summed E-state index contributed by atoms with van der Waals surface area (Å²) in [7, 11) is 0. The molecule has 1 heterocycles. The van der Waals surface area contributed by atoms with E-state index in [9.17, 15) is 0 Å². The first-order chi connectivity index (χ1) is 7.15. The smallest absolute Gasteiger partial charge is 0.223 e. The van der Waals surface area contributed by atoms with Crippen LogP contribution >= 0.6 is 12.2 Å². The number of pyridine rings is 1. The summed E-state index contributed by atoms with van der Waals surface area (Å²) in [6, 6.07) is 3.62. The fourth-order valence-electron chi connectivity index (χ4n) is 1.33. The van der Waals surface area contributed by atoms with Crippen molar-refractivity contribution in [1.29, 1.82) is 0 Å². The first-order valence-corrected chi connectivity index (χ1v) is 5.47. The molecule has 1 unspecified atom stereocenters. The van der Waals surface area contributed by atoms with Gasteiger partial charge in [-0.25, -0.2) is 4.98 Å². The predicted molar refractivity (Wildman–Crippen MR) is 65.1 cm³/mol. The van der Waals surface area contributed by atoms with E-state index in [1.54, 1.807) is 12.3 Å². The van der Waals surface area contributed by atoms with Gasteiger partial charge in [-0.2, -0.15) is 0 Å². The number of ether oxygens (including phenoxy) is 1. The number of aromatic nitrogens is 1. The van der Waals surface area contributed by atoms with Crippen LogP contribution in [-0.4, -0.2) is 16.1 Å². The molecule has 0 saturated heterocycles. The Morgan fingerprint density at radius 1 is 1.67 bits per heavy atom. The second kappa shape index (κ2) is 5.66. The van der Waals surface area contributed by atoms with E-state index in [1.807, 2.05) is 13.0 Å². The molecule has 0 radical (unpaired) electrons. The van der Waals surface area contributed by atoms with Crippen LogP contribution in [0.3, 0.4) is 0 Å². The third-order valence-corrected chi connectivity index (χ3v) is 2.26. The zero-order chi connectivity index (χ0) is 11.3. The second-order valence-corrected chi connectivity index (χ2v) is 3.88. The fraction of sp³-hybridized carbons (Fsp3) is 0.455. The minimum atomic E-state index is 0.137. The van der Waals surface area contributed by atoms with Crippen molar-refractivity contribution >= 4 is 17.2 Å². The summed E-state index contributed by atoms with van der Waals surface area (Å²) in [6.45, 7) is 4.13. The summed E-state index contributed by atoms with van der Waals surface area (Å²) in [5, 5.41) is 0. The lowest BCUT2D eigenvalue weighted by molar-refractivity contribution is 0.201. The second-order valence-electron chi connectivity index (χ2n) is 3.44.